The molecule has 6 rings (SSSR count). The Balaban J connectivity index is 1.24. The van der Waals surface area contributed by atoms with Crippen molar-refractivity contribution in [2.75, 3.05) is 51.6 Å². The van der Waals surface area contributed by atoms with E-state index >= 15 is 0 Å². The second-order valence-corrected chi connectivity index (χ2v) is 18.6. The van der Waals surface area contributed by atoms with Crippen LogP contribution in [0.4, 0.5) is 5.82 Å². The molecule has 59 heavy (non-hydrogen) atoms. The van der Waals surface area contributed by atoms with E-state index in [0.29, 0.717) is 31.0 Å². The van der Waals surface area contributed by atoms with Gasteiger partial charge in [-0.1, -0.05) is 87.1 Å². The van der Waals surface area contributed by atoms with Crippen LogP contribution in [0.1, 0.15) is 69.9 Å². The van der Waals surface area contributed by atoms with Gasteiger partial charge in [0.1, 0.15) is 40.7 Å². The topological polar surface area (TPSA) is 171 Å². The molecule has 14 nitrogen and oxygen atoms in total. The van der Waals surface area contributed by atoms with E-state index in [2.05, 4.69) is 10.3 Å². The van der Waals surface area contributed by atoms with Crippen LogP contribution in [0.2, 0.25) is 0 Å². The maximum Gasteiger partial charge on any atom is 0.408 e. The van der Waals surface area contributed by atoms with Crippen molar-refractivity contribution in [3.05, 3.63) is 118 Å². The molecule has 0 saturated carbocycles. The van der Waals surface area contributed by atoms with Crippen LogP contribution in [0.3, 0.4) is 0 Å². The maximum absolute atomic E-state index is 14.2. The fraction of sp³-hybridized carbons (Fsp3) is 0.465. The Kier molecular flexibility index (Phi) is 14.1. The summed E-state index contributed by atoms with van der Waals surface area (Å²) in [5.41, 5.74) is -1.77. The number of carbonyl (C=O) groups excluding carboxylic acids is 1. The second kappa shape index (κ2) is 18.7. The van der Waals surface area contributed by atoms with Crippen LogP contribution in [0.25, 0.3) is 0 Å². The Morgan fingerprint density at radius 1 is 0.949 bits per heavy atom. The van der Waals surface area contributed by atoms with Gasteiger partial charge in [-0.2, -0.15) is 4.98 Å². The fourth-order valence-corrected chi connectivity index (χ4v) is 10.1. The summed E-state index contributed by atoms with van der Waals surface area (Å²) >= 11 is 1.13. The van der Waals surface area contributed by atoms with Crippen molar-refractivity contribution in [2.24, 2.45) is 5.41 Å². The van der Waals surface area contributed by atoms with E-state index in [1.54, 1.807) is 25.0 Å². The zero-order valence-electron chi connectivity index (χ0n) is 34.4. The van der Waals surface area contributed by atoms with Crippen molar-refractivity contribution >= 4 is 30.4 Å². The molecule has 0 amide bonds. The van der Waals surface area contributed by atoms with Crippen LogP contribution < -0.4 is 20.5 Å². The van der Waals surface area contributed by atoms with E-state index in [9.17, 15) is 24.4 Å². The molecule has 16 heteroatoms. The van der Waals surface area contributed by atoms with Crippen molar-refractivity contribution in [3.63, 3.8) is 0 Å². The smallest absolute Gasteiger partial charge is 0.408 e. The monoisotopic (exact) mass is 850 g/mol. The van der Waals surface area contributed by atoms with E-state index < -0.39 is 55.0 Å². The molecule has 3 aromatic carbocycles. The minimum absolute atomic E-state index is 0.00231. The number of aromatic nitrogens is 2. The minimum Gasteiger partial charge on any atom is -0.497 e. The molecule has 2 saturated heterocycles. The number of nitrogens with one attached hydrogen (secondary N) is 1. The lowest BCUT2D eigenvalue weighted by Crippen LogP contribution is -2.46. The number of hydrogen-bond acceptors (Lipinski definition) is 13. The lowest BCUT2D eigenvalue weighted by atomic mass is 9.77. The molecule has 5 atom stereocenters. The Bertz CT molecular complexity index is 2080. The fourth-order valence-electron chi connectivity index (χ4n) is 7.26. The summed E-state index contributed by atoms with van der Waals surface area (Å²) in [5.74, 6) is 1.86. The Labute approximate surface area is 349 Å². The van der Waals surface area contributed by atoms with Gasteiger partial charge in [0.25, 0.3) is 0 Å². The Morgan fingerprint density at radius 2 is 1.53 bits per heavy atom. The molecule has 0 spiro atoms. The number of benzene rings is 3. The third-order valence-electron chi connectivity index (χ3n) is 11.2. The van der Waals surface area contributed by atoms with Crippen molar-refractivity contribution in [1.29, 1.82) is 0 Å². The van der Waals surface area contributed by atoms with Crippen LogP contribution in [0, 0.1) is 5.41 Å². The van der Waals surface area contributed by atoms with E-state index in [1.807, 2.05) is 99.6 Å². The molecule has 3 heterocycles. The van der Waals surface area contributed by atoms with Crippen molar-refractivity contribution < 1.29 is 42.8 Å². The van der Waals surface area contributed by atoms with Crippen molar-refractivity contribution in [3.8, 4) is 11.5 Å². The molecule has 1 aromatic heterocycles. The van der Waals surface area contributed by atoms with Gasteiger partial charge >= 0.3 is 13.4 Å². The standard InChI is InChI=1S/C43H55N4O10PS/c1-7-41(2,3)39(49)59-28-27-55-58(52,46-24-11-12-25-46)56-29-35-37(48)42(4,51)38(57-35)47-26-23-36(44-40(47)50)45-43(30-13-9-8-10-14-30,31-15-19-33(53-5)20-16-31)32-17-21-34(54-6)22-18-32/h8-10,13-23,26,35,37-38,48,51H,7,11-12,24-25,27-29H2,1-6H3,(H,44,45,50)/t35-,37+,38-,42?,58?/m1/s1. The molecular weight excluding hydrogens is 796 g/mol. The van der Waals surface area contributed by atoms with Gasteiger partial charge in [0.05, 0.1) is 27.4 Å². The van der Waals surface area contributed by atoms with Crippen molar-refractivity contribution in [1.82, 2.24) is 14.2 Å². The van der Waals surface area contributed by atoms with Gasteiger partial charge < -0.3 is 29.7 Å². The van der Waals surface area contributed by atoms with Crippen LogP contribution in [0.15, 0.2) is 95.9 Å². The van der Waals surface area contributed by atoms with Gasteiger partial charge in [-0.05, 0) is 73.2 Å². The molecule has 2 aliphatic heterocycles. The second-order valence-electron chi connectivity index (χ2n) is 15.5. The first-order chi connectivity index (χ1) is 28.2. The largest absolute Gasteiger partial charge is 0.497 e. The highest BCUT2D eigenvalue weighted by Crippen LogP contribution is 2.54. The van der Waals surface area contributed by atoms with Gasteiger partial charge in [-0.3, -0.25) is 18.4 Å². The average molecular weight is 851 g/mol. The van der Waals surface area contributed by atoms with Gasteiger partial charge in [-0.15, -0.1) is 0 Å². The van der Waals surface area contributed by atoms with E-state index in [-0.39, 0.29) is 23.3 Å². The molecular formula is C43H55N4O10PS. The van der Waals surface area contributed by atoms with Crippen LogP contribution in [-0.2, 0) is 28.7 Å². The maximum atomic E-state index is 14.2. The molecule has 2 unspecified atom stereocenters. The highest BCUT2D eigenvalue weighted by atomic mass is 32.2. The van der Waals surface area contributed by atoms with E-state index in [1.165, 1.54) is 13.1 Å². The van der Waals surface area contributed by atoms with Crippen LogP contribution in [-0.4, -0.2) is 93.6 Å². The zero-order valence-corrected chi connectivity index (χ0v) is 36.1. The third-order valence-corrected chi connectivity index (χ3v) is 14.5. The van der Waals surface area contributed by atoms with Crippen molar-refractivity contribution in [2.45, 2.75) is 76.5 Å². The van der Waals surface area contributed by atoms with Crippen LogP contribution in [0.5, 0.6) is 11.5 Å². The molecule has 4 aromatic rings. The number of rotatable bonds is 18. The molecule has 2 aliphatic rings. The summed E-state index contributed by atoms with van der Waals surface area (Å²) < 4.78 is 45.8. The average Bonchev–Trinajstić information content (AvgIpc) is 3.88. The number of hydrogen-bond donors (Lipinski definition) is 3. The lowest BCUT2D eigenvalue weighted by molar-refractivity contribution is -0.118. The van der Waals surface area contributed by atoms with Gasteiger partial charge in [-0.25, -0.2) is 14.0 Å². The molecule has 2 fully saturated rings. The number of ether oxygens (including phenoxy) is 3. The number of nitrogens with zero attached hydrogens (tertiary/aromatic N) is 3. The van der Waals surface area contributed by atoms with Gasteiger partial charge in [0, 0.05) is 30.5 Å². The summed E-state index contributed by atoms with van der Waals surface area (Å²) in [6.45, 7) is 7.67. The third kappa shape index (κ3) is 9.48. The first-order valence-corrected chi connectivity index (χ1v) is 22.3. The summed E-state index contributed by atoms with van der Waals surface area (Å²) in [6, 6.07) is 26.6. The highest BCUT2D eigenvalue weighted by Gasteiger charge is 2.54. The number of carbonyl (C=O) groups is 1. The first kappa shape index (κ1) is 44.5. The number of thioether (sulfide) groups is 1. The Morgan fingerprint density at radius 3 is 2.07 bits per heavy atom. The molecule has 3 N–H and O–H groups in total. The quantitative estimate of drug-likeness (QED) is 0.0555. The summed E-state index contributed by atoms with van der Waals surface area (Å²) in [6.07, 6.45) is -0.346. The SMILES string of the molecule is CCC(C)(C)C(=O)SCCOP(=O)(OC[C@H]1O[C@@H](n2ccc(NC(c3ccccc3)(c3ccc(OC)cc3)c3ccc(OC)cc3)nc2=O)C(C)(O)[C@H]1O)N1CCCC1. The predicted molar refractivity (Wildman–Crippen MR) is 227 cm³/mol. The molecule has 318 valence electrons. The molecule has 0 radical (unpaired) electrons. The zero-order chi connectivity index (χ0) is 42.4. The summed E-state index contributed by atoms with van der Waals surface area (Å²) in [7, 11) is -0.676. The van der Waals surface area contributed by atoms with E-state index in [0.717, 1.165) is 45.9 Å². The normalized spacial score (nSPS) is 22.2. The Hall–Kier alpha value is -4.05. The number of anilines is 1. The summed E-state index contributed by atoms with van der Waals surface area (Å²) in [5, 5.41) is 26.5. The van der Waals surface area contributed by atoms with Gasteiger partial charge in [0.15, 0.2) is 11.3 Å². The molecule has 0 bridgehead atoms. The lowest BCUT2D eigenvalue weighted by Gasteiger charge is -2.37. The van der Waals surface area contributed by atoms with Gasteiger partial charge in [0.2, 0.25) is 0 Å². The van der Waals surface area contributed by atoms with E-state index in [4.69, 9.17) is 23.3 Å². The highest BCUT2D eigenvalue weighted by molar-refractivity contribution is 8.13. The number of aliphatic hydroxyl groups is 2. The summed E-state index contributed by atoms with van der Waals surface area (Å²) in [4.78, 5) is 31.0. The first-order valence-electron chi connectivity index (χ1n) is 19.8. The number of aliphatic hydroxyl groups excluding tert-OH is 1. The van der Waals surface area contributed by atoms with Crippen LogP contribution >= 0.6 is 19.5 Å². The number of methoxy groups -OCH3 is 2. The predicted octanol–water partition coefficient (Wildman–Crippen LogP) is 6.61. The minimum atomic E-state index is -3.88. The molecule has 0 aliphatic carbocycles.